The average molecular weight is 250 g/mol. The first kappa shape index (κ1) is 13.5. The van der Waals surface area contributed by atoms with Gasteiger partial charge in [0.2, 0.25) is 5.96 Å². The highest BCUT2D eigenvalue weighted by Crippen LogP contribution is 2.23. The summed E-state index contributed by atoms with van der Waals surface area (Å²) in [6.45, 7) is 1.30. The van der Waals surface area contributed by atoms with Crippen LogP contribution in [0.4, 0.5) is 0 Å². The third-order valence-corrected chi connectivity index (χ3v) is 1.84. The number of nitrogens with two attached hydrogens (primary N) is 2. The topological polar surface area (TPSA) is 112 Å². The van der Waals surface area contributed by atoms with Crippen molar-refractivity contribution in [1.82, 2.24) is 0 Å². The van der Waals surface area contributed by atoms with Crippen LogP contribution in [-0.2, 0) is 4.79 Å². The molecule has 0 aliphatic carbocycles. The van der Waals surface area contributed by atoms with Crippen molar-refractivity contribution in [3.05, 3.63) is 23.8 Å². The maximum atomic E-state index is 11.0. The van der Waals surface area contributed by atoms with E-state index in [1.807, 2.05) is 0 Å². The average Bonchev–Trinajstić information content (AvgIpc) is 2.29. The first-order chi connectivity index (χ1) is 8.52. The Kier molecular flexibility index (Phi) is 4.67. The van der Waals surface area contributed by atoms with Crippen LogP contribution in [0.5, 0.6) is 11.5 Å². The molecule has 1 aromatic rings. The van der Waals surface area contributed by atoms with Gasteiger partial charge in [0.05, 0.1) is 13.3 Å². The molecule has 4 N–H and O–H groups in total. The van der Waals surface area contributed by atoms with Crippen LogP contribution in [0.25, 0.3) is 0 Å². The van der Waals surface area contributed by atoms with Gasteiger partial charge in [0, 0.05) is 18.6 Å². The second kappa shape index (κ2) is 6.24. The van der Waals surface area contributed by atoms with Crippen molar-refractivity contribution >= 4 is 18.1 Å². The predicted molar refractivity (Wildman–Crippen MR) is 67.7 cm³/mol. The molecule has 1 aromatic carbocycles. The van der Waals surface area contributed by atoms with E-state index in [1.54, 1.807) is 18.2 Å². The van der Waals surface area contributed by atoms with Gasteiger partial charge in [0.1, 0.15) is 11.5 Å². The van der Waals surface area contributed by atoms with E-state index in [0.717, 1.165) is 0 Å². The Morgan fingerprint density at radius 1 is 1.39 bits per heavy atom. The zero-order valence-corrected chi connectivity index (χ0v) is 10.1. The summed E-state index contributed by atoms with van der Waals surface area (Å²) in [7, 11) is 1.51. The van der Waals surface area contributed by atoms with Gasteiger partial charge in [-0.25, -0.2) is 0 Å². The molecule has 0 heterocycles. The standard InChI is InChI=1S/C11H14N4O3/c1-7(16)18-10-5-9(17-2)4-3-8(10)6-14-15-11(12)13/h3-6H,1-2H3,(H4,12,13,15). The van der Waals surface area contributed by atoms with E-state index in [0.29, 0.717) is 17.1 Å². The van der Waals surface area contributed by atoms with Crippen molar-refractivity contribution in [3.8, 4) is 11.5 Å². The van der Waals surface area contributed by atoms with Gasteiger partial charge >= 0.3 is 5.97 Å². The number of methoxy groups -OCH3 is 1. The minimum Gasteiger partial charge on any atom is -0.497 e. The van der Waals surface area contributed by atoms with E-state index in [-0.39, 0.29) is 5.96 Å². The smallest absolute Gasteiger partial charge is 0.308 e. The highest BCUT2D eigenvalue weighted by atomic mass is 16.5. The van der Waals surface area contributed by atoms with Crippen molar-refractivity contribution in [2.45, 2.75) is 6.92 Å². The number of carbonyl (C=O) groups excluding carboxylic acids is 1. The number of hydrogen-bond acceptors (Lipinski definition) is 5. The van der Waals surface area contributed by atoms with E-state index < -0.39 is 5.97 Å². The van der Waals surface area contributed by atoms with Crippen molar-refractivity contribution in [1.29, 1.82) is 0 Å². The third-order valence-electron chi connectivity index (χ3n) is 1.84. The number of guanidine groups is 1. The number of carbonyl (C=O) groups is 1. The normalized spacial score (nSPS) is 10.1. The van der Waals surface area contributed by atoms with Gasteiger partial charge in [-0.15, -0.1) is 5.10 Å². The molecule has 0 spiro atoms. The quantitative estimate of drug-likeness (QED) is 0.261. The SMILES string of the molecule is COc1ccc(C=NN=C(N)N)c(OC(C)=O)c1. The van der Waals surface area contributed by atoms with Crippen molar-refractivity contribution in [2.75, 3.05) is 7.11 Å². The molecule has 96 valence electrons. The summed E-state index contributed by atoms with van der Waals surface area (Å²) in [6.07, 6.45) is 1.37. The molecule has 0 unspecified atom stereocenters. The Hall–Kier alpha value is -2.57. The first-order valence-corrected chi connectivity index (χ1v) is 5.01. The number of esters is 1. The number of benzene rings is 1. The molecular formula is C11H14N4O3. The lowest BCUT2D eigenvalue weighted by molar-refractivity contribution is -0.131. The molecule has 1 rings (SSSR count). The van der Waals surface area contributed by atoms with Crippen LogP contribution in [0, 0.1) is 0 Å². The molecule has 0 saturated heterocycles. The van der Waals surface area contributed by atoms with Crippen LogP contribution in [0.2, 0.25) is 0 Å². The van der Waals surface area contributed by atoms with Gasteiger partial charge in [0.25, 0.3) is 0 Å². The largest absolute Gasteiger partial charge is 0.497 e. The minimum atomic E-state index is -0.445. The third kappa shape index (κ3) is 4.12. The number of ether oxygens (including phenoxy) is 2. The summed E-state index contributed by atoms with van der Waals surface area (Å²) < 4.78 is 10.1. The van der Waals surface area contributed by atoms with E-state index in [2.05, 4.69) is 10.2 Å². The molecule has 18 heavy (non-hydrogen) atoms. The van der Waals surface area contributed by atoms with Gasteiger partial charge in [-0.1, -0.05) is 0 Å². The van der Waals surface area contributed by atoms with Crippen LogP contribution in [0.15, 0.2) is 28.4 Å². The Labute approximate surface area is 104 Å². The van der Waals surface area contributed by atoms with Crippen molar-refractivity contribution < 1.29 is 14.3 Å². The molecule has 0 bridgehead atoms. The Balaban J connectivity index is 3.05. The number of rotatable bonds is 4. The summed E-state index contributed by atoms with van der Waals surface area (Å²) in [5.74, 6) is 0.273. The zero-order chi connectivity index (χ0) is 13.5. The molecule has 0 saturated carbocycles. The van der Waals surface area contributed by atoms with Gasteiger partial charge in [-0.05, 0) is 12.1 Å². The number of hydrogen-bond donors (Lipinski definition) is 2. The summed E-state index contributed by atoms with van der Waals surface area (Å²) >= 11 is 0. The first-order valence-electron chi connectivity index (χ1n) is 5.01. The van der Waals surface area contributed by atoms with Crippen LogP contribution in [-0.4, -0.2) is 25.3 Å². The maximum Gasteiger partial charge on any atom is 0.308 e. The molecule has 0 amide bonds. The summed E-state index contributed by atoms with van der Waals surface area (Å²) in [6, 6.07) is 4.94. The Morgan fingerprint density at radius 3 is 2.67 bits per heavy atom. The highest BCUT2D eigenvalue weighted by Gasteiger charge is 2.06. The summed E-state index contributed by atoms with van der Waals surface area (Å²) in [5.41, 5.74) is 10.8. The molecule has 7 nitrogen and oxygen atoms in total. The van der Waals surface area contributed by atoms with Crippen LogP contribution >= 0.6 is 0 Å². The molecule has 0 radical (unpaired) electrons. The van der Waals surface area contributed by atoms with Crippen LogP contribution in [0.3, 0.4) is 0 Å². The van der Waals surface area contributed by atoms with Crippen molar-refractivity contribution in [3.63, 3.8) is 0 Å². The predicted octanol–water partition coefficient (Wildman–Crippen LogP) is 0.228. The highest BCUT2D eigenvalue weighted by molar-refractivity contribution is 5.86. The lowest BCUT2D eigenvalue weighted by Gasteiger charge is -2.07. The molecule has 0 atom stereocenters. The monoisotopic (exact) mass is 250 g/mol. The number of nitrogens with zero attached hydrogens (tertiary/aromatic N) is 2. The van der Waals surface area contributed by atoms with Gasteiger partial charge in [-0.3, -0.25) is 4.79 Å². The second-order valence-corrected chi connectivity index (χ2v) is 3.27. The molecule has 0 aliphatic rings. The fourth-order valence-electron chi connectivity index (χ4n) is 1.15. The Bertz CT molecular complexity index is 493. The van der Waals surface area contributed by atoms with E-state index in [1.165, 1.54) is 20.2 Å². The second-order valence-electron chi connectivity index (χ2n) is 3.27. The fraction of sp³-hybridized carbons (Fsp3) is 0.182. The minimum absolute atomic E-state index is 0.159. The molecule has 0 aromatic heterocycles. The van der Waals surface area contributed by atoms with Gasteiger partial charge < -0.3 is 20.9 Å². The van der Waals surface area contributed by atoms with Gasteiger partial charge in [-0.2, -0.15) is 5.10 Å². The van der Waals surface area contributed by atoms with E-state index >= 15 is 0 Å². The van der Waals surface area contributed by atoms with Crippen LogP contribution in [0.1, 0.15) is 12.5 Å². The summed E-state index contributed by atoms with van der Waals surface area (Å²) in [4.78, 5) is 11.0. The fourth-order valence-corrected chi connectivity index (χ4v) is 1.15. The maximum absolute atomic E-state index is 11.0. The van der Waals surface area contributed by atoms with Crippen molar-refractivity contribution in [2.24, 2.45) is 21.7 Å². The molecule has 7 heteroatoms. The lowest BCUT2D eigenvalue weighted by Crippen LogP contribution is -2.21. The van der Waals surface area contributed by atoms with E-state index in [9.17, 15) is 4.79 Å². The molecule has 0 fully saturated rings. The lowest BCUT2D eigenvalue weighted by atomic mass is 10.2. The van der Waals surface area contributed by atoms with E-state index in [4.69, 9.17) is 20.9 Å². The molecule has 0 aliphatic heterocycles. The molecular weight excluding hydrogens is 236 g/mol. The van der Waals surface area contributed by atoms with Gasteiger partial charge in [0.15, 0.2) is 0 Å². The van der Waals surface area contributed by atoms with Crippen LogP contribution < -0.4 is 20.9 Å². The Morgan fingerprint density at radius 2 is 2.11 bits per heavy atom. The summed E-state index contributed by atoms with van der Waals surface area (Å²) in [5, 5.41) is 7.10. The zero-order valence-electron chi connectivity index (χ0n) is 10.1.